The molecule has 0 amide bonds. The standard InChI is InChI=1S/C44H27O7P/c45-52(46)50-41-31(33-21-23-9-1-3-11-25(23)27-13-5-7-15-29(27)33)17-19-35-37(41)39-40-38-36(48-44(40)49-43(39)47-35)20-18-32(42(38)51-52)34-22-24-10-2-4-12-26(24)28-14-6-8-16-30(28)34/h1-22,39-40,43-44H,(H,45,46)/t39-,40-,43+,44+/m1/s1. The van der Waals surface area contributed by atoms with Crippen molar-refractivity contribution in [3.8, 4) is 45.3 Å². The fraction of sp³-hybridized carbons (Fsp3) is 0.0909. The van der Waals surface area contributed by atoms with E-state index >= 15 is 0 Å². The second-order valence-corrected chi connectivity index (χ2v) is 15.2. The van der Waals surface area contributed by atoms with Crippen molar-refractivity contribution >= 4 is 50.9 Å². The highest BCUT2D eigenvalue weighted by atomic mass is 31.2. The lowest BCUT2D eigenvalue weighted by molar-refractivity contribution is -0.132. The molecule has 0 saturated carbocycles. The van der Waals surface area contributed by atoms with E-state index in [4.69, 9.17) is 23.3 Å². The van der Waals surface area contributed by atoms with E-state index in [0.717, 1.165) is 54.2 Å². The first-order valence-electron chi connectivity index (χ1n) is 17.4. The van der Waals surface area contributed by atoms with Crippen LogP contribution in [-0.4, -0.2) is 17.5 Å². The van der Waals surface area contributed by atoms with Crippen LogP contribution in [0.1, 0.15) is 23.0 Å². The van der Waals surface area contributed by atoms with Gasteiger partial charge in [0.1, 0.15) is 23.0 Å². The maximum atomic E-state index is 14.6. The molecule has 0 bridgehead atoms. The first-order valence-corrected chi connectivity index (χ1v) is 18.9. The molecule has 7 nitrogen and oxygen atoms in total. The number of hydrogen-bond acceptors (Lipinski definition) is 6. The van der Waals surface area contributed by atoms with Crippen LogP contribution >= 0.6 is 7.82 Å². The summed E-state index contributed by atoms with van der Waals surface area (Å²) in [6, 6.07) is 44.7. The highest BCUT2D eigenvalue weighted by molar-refractivity contribution is 7.48. The molecule has 52 heavy (non-hydrogen) atoms. The van der Waals surface area contributed by atoms with E-state index in [2.05, 4.69) is 60.7 Å². The molecule has 250 valence electrons. The van der Waals surface area contributed by atoms with E-state index in [-0.39, 0.29) is 11.5 Å². The molecule has 8 aromatic rings. The van der Waals surface area contributed by atoms with Gasteiger partial charge in [-0.1, -0.05) is 97.1 Å². The highest BCUT2D eigenvalue weighted by Crippen LogP contribution is 2.67. The van der Waals surface area contributed by atoms with Gasteiger partial charge in [0.2, 0.25) is 12.6 Å². The first kappa shape index (κ1) is 28.8. The maximum Gasteiger partial charge on any atom is 0.584 e. The van der Waals surface area contributed by atoms with Crippen LogP contribution in [0.2, 0.25) is 0 Å². The van der Waals surface area contributed by atoms with Crippen molar-refractivity contribution in [2.24, 2.45) is 0 Å². The third kappa shape index (κ3) is 3.85. The monoisotopic (exact) mass is 698 g/mol. The molecule has 0 aromatic heterocycles. The van der Waals surface area contributed by atoms with Gasteiger partial charge in [0.05, 0.1) is 11.8 Å². The first-order chi connectivity index (χ1) is 25.5. The minimum absolute atomic E-state index is 0.250. The lowest BCUT2D eigenvalue weighted by Crippen LogP contribution is -2.19. The smallest absolute Gasteiger partial charge is 0.464 e. The Balaban J connectivity index is 1.12. The molecule has 1 fully saturated rings. The second kappa shape index (κ2) is 10.1. The van der Waals surface area contributed by atoms with Gasteiger partial charge in [0.25, 0.3) is 0 Å². The molecule has 0 unspecified atom stereocenters. The van der Waals surface area contributed by atoms with Gasteiger partial charge in [-0.2, -0.15) is 0 Å². The highest BCUT2D eigenvalue weighted by Gasteiger charge is 2.60. The molecule has 4 atom stereocenters. The molecule has 0 radical (unpaired) electrons. The number of phosphoric acid groups is 1. The number of phosphoric ester groups is 1. The average molecular weight is 699 g/mol. The summed E-state index contributed by atoms with van der Waals surface area (Å²) in [7, 11) is -4.86. The van der Waals surface area contributed by atoms with Gasteiger partial charge >= 0.3 is 7.82 Å². The largest absolute Gasteiger partial charge is 0.584 e. The van der Waals surface area contributed by atoms with E-state index in [1.54, 1.807) is 0 Å². The van der Waals surface area contributed by atoms with Crippen molar-refractivity contribution in [2.75, 3.05) is 0 Å². The zero-order chi connectivity index (χ0) is 34.3. The molecule has 4 heterocycles. The number of fused-ring (bicyclic) bond motifs is 6. The molecular weight excluding hydrogens is 671 g/mol. The number of rotatable bonds is 2. The van der Waals surface area contributed by atoms with Gasteiger partial charge in [-0.25, -0.2) is 4.57 Å². The lowest BCUT2D eigenvalue weighted by Gasteiger charge is -2.21. The van der Waals surface area contributed by atoms with Crippen molar-refractivity contribution in [2.45, 2.75) is 24.4 Å². The Hall–Kier alpha value is -5.85. The Kier molecular flexibility index (Phi) is 5.62. The Labute approximate surface area is 297 Å². The van der Waals surface area contributed by atoms with Crippen LogP contribution in [0.5, 0.6) is 23.0 Å². The van der Waals surface area contributed by atoms with Crippen LogP contribution in [0.15, 0.2) is 133 Å². The fourth-order valence-corrected chi connectivity index (χ4v) is 10.0. The molecule has 8 heteroatoms. The Morgan fingerprint density at radius 3 is 1.33 bits per heavy atom. The zero-order valence-electron chi connectivity index (χ0n) is 27.4. The molecule has 4 aliphatic rings. The maximum absolute atomic E-state index is 14.6. The number of benzene rings is 8. The van der Waals surface area contributed by atoms with E-state index in [1.807, 2.05) is 72.8 Å². The quantitative estimate of drug-likeness (QED) is 0.142. The average Bonchev–Trinajstić information content (AvgIpc) is 3.82. The van der Waals surface area contributed by atoms with Crippen LogP contribution in [0.3, 0.4) is 0 Å². The molecule has 0 spiro atoms. The van der Waals surface area contributed by atoms with Crippen LogP contribution < -0.4 is 18.5 Å². The topological polar surface area (TPSA) is 83.5 Å². The summed E-state index contributed by atoms with van der Waals surface area (Å²) in [5.74, 6) is 0.801. The predicted molar refractivity (Wildman–Crippen MR) is 200 cm³/mol. The van der Waals surface area contributed by atoms with E-state index in [9.17, 15) is 9.46 Å². The van der Waals surface area contributed by atoms with Crippen molar-refractivity contribution < 1.29 is 32.7 Å². The van der Waals surface area contributed by atoms with E-state index in [1.165, 1.54) is 0 Å². The van der Waals surface area contributed by atoms with E-state index < -0.39 is 32.2 Å². The van der Waals surface area contributed by atoms with Crippen LogP contribution in [0, 0.1) is 0 Å². The molecular formula is C44H27O7P. The SMILES string of the molecule is O=P1(O)Oc2c(-c3cc4ccccc4c4ccccc34)ccc3c2[C@H]2[C@@H](O3)O[C@@H]3Oc4ccc(-c5cc6ccccc6c6ccccc56)c(c4[C@@H]32)O1. The van der Waals surface area contributed by atoms with Gasteiger partial charge in [0.15, 0.2) is 0 Å². The van der Waals surface area contributed by atoms with E-state index in [0.29, 0.717) is 33.8 Å². The fourth-order valence-electron chi connectivity index (χ4n) is 9.15. The summed E-state index contributed by atoms with van der Waals surface area (Å²) >= 11 is 0. The van der Waals surface area contributed by atoms with Crippen molar-refractivity contribution in [1.29, 1.82) is 0 Å². The molecule has 4 aliphatic heterocycles. The second-order valence-electron chi connectivity index (χ2n) is 13.9. The molecule has 1 N–H and O–H groups in total. The lowest BCUT2D eigenvalue weighted by atomic mass is 9.80. The Morgan fingerprint density at radius 2 is 0.865 bits per heavy atom. The summed E-state index contributed by atoms with van der Waals surface area (Å²) in [6.45, 7) is 0. The van der Waals surface area contributed by atoms with Crippen LogP contribution in [0.4, 0.5) is 0 Å². The van der Waals surface area contributed by atoms with Gasteiger partial charge < -0.3 is 23.3 Å². The summed E-state index contributed by atoms with van der Waals surface area (Å²) < 4.78 is 46.6. The van der Waals surface area contributed by atoms with Crippen molar-refractivity contribution in [3.05, 3.63) is 145 Å². The van der Waals surface area contributed by atoms with Gasteiger partial charge in [-0.05, 0) is 90.6 Å². The molecule has 8 aromatic carbocycles. The Morgan fingerprint density at radius 1 is 0.462 bits per heavy atom. The minimum atomic E-state index is -4.86. The van der Waals surface area contributed by atoms with Gasteiger partial charge in [-0.3, -0.25) is 4.89 Å². The van der Waals surface area contributed by atoms with Gasteiger partial charge in [0, 0.05) is 22.3 Å². The van der Waals surface area contributed by atoms with Crippen LogP contribution in [-0.2, 0) is 9.30 Å². The van der Waals surface area contributed by atoms with Crippen LogP contribution in [0.25, 0.3) is 65.3 Å². The van der Waals surface area contributed by atoms with Gasteiger partial charge in [-0.15, -0.1) is 0 Å². The minimum Gasteiger partial charge on any atom is -0.464 e. The summed E-state index contributed by atoms with van der Waals surface area (Å²) in [6.07, 6.45) is -1.36. The summed E-state index contributed by atoms with van der Waals surface area (Å²) in [4.78, 5) is 11.9. The number of hydrogen-bond donors (Lipinski definition) is 1. The number of ether oxygens (including phenoxy) is 3. The zero-order valence-corrected chi connectivity index (χ0v) is 28.2. The third-order valence-electron chi connectivity index (χ3n) is 11.2. The van der Waals surface area contributed by atoms with Crippen molar-refractivity contribution in [1.82, 2.24) is 0 Å². The Bertz CT molecular complexity index is 2740. The third-order valence-corrected chi connectivity index (χ3v) is 12.1. The normalized spacial score (nSPS) is 23.4. The summed E-state index contributed by atoms with van der Waals surface area (Å²) in [5.41, 5.74) is 4.42. The molecule has 12 rings (SSSR count). The summed E-state index contributed by atoms with van der Waals surface area (Å²) in [5, 5.41) is 8.45. The molecule has 1 saturated heterocycles. The van der Waals surface area contributed by atoms with Crippen molar-refractivity contribution in [3.63, 3.8) is 0 Å². The molecule has 0 aliphatic carbocycles. The predicted octanol–water partition coefficient (Wildman–Crippen LogP) is 10.8.